The Labute approximate surface area is 193 Å². The molecule has 1 aliphatic heterocycles. The van der Waals surface area contributed by atoms with E-state index in [1.54, 1.807) is 18.2 Å². The van der Waals surface area contributed by atoms with Gasteiger partial charge < -0.3 is 15.7 Å². The van der Waals surface area contributed by atoms with E-state index in [0.717, 1.165) is 25.1 Å². The molecule has 0 aliphatic carbocycles. The zero-order chi connectivity index (χ0) is 23.5. The maximum absolute atomic E-state index is 13.0. The molecule has 0 saturated carbocycles. The number of hydrogen-bond acceptors (Lipinski definition) is 10. The van der Waals surface area contributed by atoms with E-state index >= 15 is 0 Å². The topological polar surface area (TPSA) is 161 Å². The Morgan fingerprint density at radius 1 is 1.24 bits per heavy atom. The molecule has 3 heterocycles. The van der Waals surface area contributed by atoms with Crippen LogP contribution in [0.15, 0.2) is 58.3 Å². The number of amides is 1. The molecule has 1 amide bonds. The van der Waals surface area contributed by atoms with Gasteiger partial charge >= 0.3 is 0 Å². The fourth-order valence-corrected chi connectivity index (χ4v) is 3.91. The van der Waals surface area contributed by atoms with E-state index in [1.807, 2.05) is 18.2 Å². The Balaban J connectivity index is 1.45. The SMILES string of the molecule is Nc1nonc1-n1nnc(C(=O)N/N=C\c2cccc(O)c2)c1CN1CCCc2ccccc21. The van der Waals surface area contributed by atoms with Gasteiger partial charge in [0.25, 0.3) is 5.91 Å². The molecule has 1 aliphatic rings. The highest BCUT2D eigenvalue weighted by molar-refractivity contribution is 5.94. The number of benzene rings is 2. The number of aryl methyl sites for hydroxylation is 1. The third-order valence-corrected chi connectivity index (χ3v) is 5.47. The third kappa shape index (κ3) is 4.16. The molecule has 172 valence electrons. The number of aromatic nitrogens is 5. The van der Waals surface area contributed by atoms with Crippen LogP contribution >= 0.6 is 0 Å². The van der Waals surface area contributed by atoms with Crippen molar-refractivity contribution in [3.05, 3.63) is 71.0 Å². The largest absolute Gasteiger partial charge is 0.508 e. The fourth-order valence-electron chi connectivity index (χ4n) is 3.91. The van der Waals surface area contributed by atoms with Crippen molar-refractivity contribution in [3.63, 3.8) is 0 Å². The highest BCUT2D eigenvalue weighted by Crippen LogP contribution is 2.29. The van der Waals surface area contributed by atoms with Crippen LogP contribution in [0.4, 0.5) is 11.5 Å². The van der Waals surface area contributed by atoms with Crippen LogP contribution in [0.2, 0.25) is 0 Å². The van der Waals surface area contributed by atoms with Crippen molar-refractivity contribution in [2.45, 2.75) is 19.4 Å². The lowest BCUT2D eigenvalue weighted by molar-refractivity contribution is 0.0949. The zero-order valence-corrected chi connectivity index (χ0v) is 18.0. The summed E-state index contributed by atoms with van der Waals surface area (Å²) < 4.78 is 6.08. The summed E-state index contributed by atoms with van der Waals surface area (Å²) in [6.07, 6.45) is 3.38. The molecular formula is C22H21N9O3. The van der Waals surface area contributed by atoms with Gasteiger partial charge in [0.05, 0.1) is 18.5 Å². The molecule has 2 aromatic heterocycles. The lowest BCUT2D eigenvalue weighted by Crippen LogP contribution is -2.31. The Hall–Kier alpha value is -4.74. The first kappa shape index (κ1) is 21.1. The molecule has 0 unspecified atom stereocenters. The first-order valence-electron chi connectivity index (χ1n) is 10.6. The molecule has 34 heavy (non-hydrogen) atoms. The quantitative estimate of drug-likeness (QED) is 0.288. The molecule has 12 heteroatoms. The number of fused-ring (bicyclic) bond motifs is 1. The van der Waals surface area contributed by atoms with Gasteiger partial charge in [-0.2, -0.15) is 9.78 Å². The van der Waals surface area contributed by atoms with Crippen LogP contribution in [0, 0.1) is 0 Å². The summed E-state index contributed by atoms with van der Waals surface area (Å²) in [7, 11) is 0. The smallest absolute Gasteiger partial charge is 0.293 e. The average molecular weight is 459 g/mol. The van der Waals surface area contributed by atoms with Crippen LogP contribution in [-0.4, -0.2) is 49.1 Å². The van der Waals surface area contributed by atoms with Gasteiger partial charge in [0.15, 0.2) is 5.69 Å². The number of anilines is 2. The van der Waals surface area contributed by atoms with Crippen molar-refractivity contribution in [2.75, 3.05) is 17.2 Å². The zero-order valence-electron chi connectivity index (χ0n) is 18.0. The summed E-state index contributed by atoms with van der Waals surface area (Å²) >= 11 is 0. The number of nitrogens with one attached hydrogen (secondary N) is 1. The van der Waals surface area contributed by atoms with Crippen LogP contribution in [-0.2, 0) is 13.0 Å². The fraction of sp³-hybridized carbons (Fsp3) is 0.182. The number of nitrogens with zero attached hydrogens (tertiary/aromatic N) is 7. The van der Waals surface area contributed by atoms with Crippen LogP contribution in [0.3, 0.4) is 0 Å². The number of phenols is 1. The Morgan fingerprint density at radius 2 is 2.12 bits per heavy atom. The second-order valence-electron chi connectivity index (χ2n) is 7.72. The number of rotatable bonds is 6. The van der Waals surface area contributed by atoms with Gasteiger partial charge in [0.2, 0.25) is 11.6 Å². The van der Waals surface area contributed by atoms with Gasteiger partial charge in [-0.25, -0.2) is 10.1 Å². The molecule has 12 nitrogen and oxygen atoms in total. The van der Waals surface area contributed by atoms with Gasteiger partial charge in [-0.15, -0.1) is 5.10 Å². The summed E-state index contributed by atoms with van der Waals surface area (Å²) in [5, 5.41) is 29.1. The van der Waals surface area contributed by atoms with E-state index in [2.05, 4.69) is 42.1 Å². The minimum atomic E-state index is -0.557. The Bertz CT molecular complexity index is 1360. The van der Waals surface area contributed by atoms with Crippen LogP contribution in [0.1, 0.15) is 33.7 Å². The van der Waals surface area contributed by atoms with E-state index in [-0.39, 0.29) is 23.1 Å². The standard InChI is InChI=1S/C22H21N9O3/c23-20-21(28-34-27-20)31-18(13-30-10-4-7-15-6-1-2-9-17(15)30)19(25-29-31)22(33)26-24-12-14-5-3-8-16(32)11-14/h1-3,5-6,8-9,11-12,32H,4,7,10,13H2,(H2,23,27)(H,26,33)/b24-12-. The number of carbonyl (C=O) groups is 1. The molecule has 0 fully saturated rings. The molecule has 5 rings (SSSR count). The van der Waals surface area contributed by atoms with Gasteiger partial charge in [-0.1, -0.05) is 35.5 Å². The number of hydrazone groups is 1. The summed E-state index contributed by atoms with van der Waals surface area (Å²) in [6, 6.07) is 14.6. The first-order valence-corrected chi connectivity index (χ1v) is 10.6. The third-order valence-electron chi connectivity index (χ3n) is 5.47. The van der Waals surface area contributed by atoms with E-state index in [9.17, 15) is 9.90 Å². The van der Waals surface area contributed by atoms with Crippen molar-refractivity contribution in [3.8, 4) is 11.6 Å². The highest BCUT2D eigenvalue weighted by Gasteiger charge is 2.27. The normalized spacial score (nSPS) is 13.2. The summed E-state index contributed by atoms with van der Waals surface area (Å²) in [5.74, 6) is -0.284. The molecular weight excluding hydrogens is 438 g/mol. The van der Waals surface area contributed by atoms with E-state index in [4.69, 9.17) is 10.4 Å². The maximum Gasteiger partial charge on any atom is 0.293 e. The van der Waals surface area contributed by atoms with Crippen molar-refractivity contribution in [2.24, 2.45) is 5.10 Å². The average Bonchev–Trinajstić information content (AvgIpc) is 3.45. The molecule has 0 radical (unpaired) electrons. The highest BCUT2D eigenvalue weighted by atomic mass is 16.6. The molecule has 0 bridgehead atoms. The summed E-state index contributed by atoms with van der Waals surface area (Å²) in [5.41, 5.74) is 11.8. The van der Waals surface area contributed by atoms with Gasteiger partial charge in [-0.05, 0) is 52.5 Å². The minimum absolute atomic E-state index is 0.0269. The van der Waals surface area contributed by atoms with Gasteiger partial charge in [0, 0.05) is 12.2 Å². The Kier molecular flexibility index (Phi) is 5.60. The number of aromatic hydroxyl groups is 1. The van der Waals surface area contributed by atoms with Crippen molar-refractivity contribution in [1.82, 2.24) is 30.7 Å². The second-order valence-corrected chi connectivity index (χ2v) is 7.72. The van der Waals surface area contributed by atoms with Crippen molar-refractivity contribution in [1.29, 1.82) is 0 Å². The van der Waals surface area contributed by atoms with Gasteiger partial charge in [0.1, 0.15) is 5.75 Å². The molecule has 0 atom stereocenters. The molecule has 4 N–H and O–H groups in total. The number of para-hydroxylation sites is 1. The lowest BCUT2D eigenvalue weighted by Gasteiger charge is -2.31. The predicted molar refractivity (Wildman–Crippen MR) is 123 cm³/mol. The number of nitrogens with two attached hydrogens (primary N) is 1. The van der Waals surface area contributed by atoms with E-state index in [0.29, 0.717) is 17.8 Å². The number of phenolic OH excluding ortho intramolecular Hbond substituents is 1. The molecule has 0 spiro atoms. The van der Waals surface area contributed by atoms with Gasteiger partial charge in [-0.3, -0.25) is 4.79 Å². The van der Waals surface area contributed by atoms with E-state index < -0.39 is 5.91 Å². The summed E-state index contributed by atoms with van der Waals surface area (Å²) in [6.45, 7) is 1.13. The van der Waals surface area contributed by atoms with Crippen LogP contribution in [0.5, 0.6) is 5.75 Å². The molecule has 4 aromatic rings. The molecule has 2 aromatic carbocycles. The van der Waals surface area contributed by atoms with Crippen LogP contribution in [0.25, 0.3) is 5.82 Å². The second kappa shape index (κ2) is 9.02. The van der Waals surface area contributed by atoms with Crippen molar-refractivity contribution < 1.29 is 14.5 Å². The van der Waals surface area contributed by atoms with Crippen LogP contribution < -0.4 is 16.1 Å². The number of hydrogen-bond donors (Lipinski definition) is 3. The molecule has 0 saturated heterocycles. The van der Waals surface area contributed by atoms with Crippen molar-refractivity contribution >= 4 is 23.6 Å². The maximum atomic E-state index is 13.0. The first-order chi connectivity index (χ1) is 16.6. The minimum Gasteiger partial charge on any atom is -0.508 e. The van der Waals surface area contributed by atoms with E-state index in [1.165, 1.54) is 22.5 Å². The summed E-state index contributed by atoms with van der Waals surface area (Å²) in [4.78, 5) is 15.1. The lowest BCUT2D eigenvalue weighted by atomic mass is 10.0. The monoisotopic (exact) mass is 459 g/mol. The Morgan fingerprint density at radius 3 is 2.94 bits per heavy atom. The predicted octanol–water partition coefficient (Wildman–Crippen LogP) is 1.65. The number of nitrogen functional groups attached to an aromatic ring is 1. The number of carbonyl (C=O) groups excluding carboxylic acids is 1.